The number of carbonyl (C=O) groups excluding carboxylic acids is 1. The van der Waals surface area contributed by atoms with E-state index in [4.69, 9.17) is 4.74 Å². The summed E-state index contributed by atoms with van der Waals surface area (Å²) in [7, 11) is 0. The third-order valence-corrected chi connectivity index (χ3v) is 2.11. The summed E-state index contributed by atoms with van der Waals surface area (Å²) in [6.45, 7) is 9.31. The summed E-state index contributed by atoms with van der Waals surface area (Å²) in [5.74, 6) is 0.105. The van der Waals surface area contributed by atoms with Gasteiger partial charge in [0.15, 0.2) is 0 Å². The van der Waals surface area contributed by atoms with Crippen LogP contribution in [0, 0.1) is 0 Å². The number of morpholine rings is 1. The fourth-order valence-electron chi connectivity index (χ4n) is 1.39. The largest absolute Gasteiger partial charge is 0.367 e. The van der Waals surface area contributed by atoms with Crippen molar-refractivity contribution in [3.05, 3.63) is 0 Å². The van der Waals surface area contributed by atoms with Crippen molar-refractivity contribution in [2.24, 2.45) is 0 Å². The molecule has 0 radical (unpaired) electrons. The Bertz CT molecular complexity index is 183. The van der Waals surface area contributed by atoms with Crippen LogP contribution in [0.3, 0.4) is 0 Å². The zero-order valence-electron chi connectivity index (χ0n) is 8.26. The molecule has 1 saturated heterocycles. The molecule has 1 atom stereocenters. The molecule has 1 amide bonds. The van der Waals surface area contributed by atoms with Gasteiger partial charge in [0.1, 0.15) is 6.10 Å². The van der Waals surface area contributed by atoms with E-state index in [1.807, 2.05) is 25.7 Å². The molecule has 1 unspecified atom stereocenters. The molecule has 0 spiro atoms. The fourth-order valence-corrected chi connectivity index (χ4v) is 1.39. The summed E-state index contributed by atoms with van der Waals surface area (Å²) < 4.78 is 5.22. The summed E-state index contributed by atoms with van der Waals surface area (Å²) in [6, 6.07) is 0. The molecule has 0 N–H and O–H groups in total. The second-order valence-corrected chi connectivity index (χ2v) is 4.17. The quantitative estimate of drug-likeness (QED) is 0.545. The predicted octanol–water partition coefficient (Wildman–Crippen LogP) is 1.03. The Morgan fingerprint density at radius 2 is 2.08 bits per heavy atom. The van der Waals surface area contributed by atoms with Gasteiger partial charge in [-0.05, 0) is 27.7 Å². The summed E-state index contributed by atoms with van der Waals surface area (Å²) in [4.78, 5) is 13.4. The molecular formula is C9H17NO2. The fraction of sp³-hybridized carbons (Fsp3) is 0.889. The Labute approximate surface area is 73.7 Å². The van der Waals surface area contributed by atoms with Crippen LogP contribution in [0.5, 0.6) is 0 Å². The van der Waals surface area contributed by atoms with Crippen LogP contribution < -0.4 is 0 Å². The Hall–Kier alpha value is -0.570. The van der Waals surface area contributed by atoms with Gasteiger partial charge in [-0.15, -0.1) is 0 Å². The average molecular weight is 171 g/mol. The van der Waals surface area contributed by atoms with Gasteiger partial charge in [0.05, 0.1) is 6.61 Å². The Morgan fingerprint density at radius 1 is 1.50 bits per heavy atom. The van der Waals surface area contributed by atoms with Gasteiger partial charge in [0, 0.05) is 12.1 Å². The van der Waals surface area contributed by atoms with Crippen LogP contribution in [0.2, 0.25) is 0 Å². The Morgan fingerprint density at radius 3 is 2.50 bits per heavy atom. The van der Waals surface area contributed by atoms with Gasteiger partial charge in [0.2, 0.25) is 0 Å². The zero-order valence-corrected chi connectivity index (χ0v) is 8.26. The number of hydrogen-bond acceptors (Lipinski definition) is 2. The van der Waals surface area contributed by atoms with Crippen molar-refractivity contribution >= 4 is 5.91 Å². The minimum Gasteiger partial charge on any atom is -0.367 e. The van der Waals surface area contributed by atoms with Crippen LogP contribution in [0.1, 0.15) is 27.7 Å². The van der Waals surface area contributed by atoms with Crippen molar-refractivity contribution in [2.75, 3.05) is 13.2 Å². The first-order valence-electron chi connectivity index (χ1n) is 4.36. The van der Waals surface area contributed by atoms with Crippen LogP contribution in [0.15, 0.2) is 0 Å². The van der Waals surface area contributed by atoms with Gasteiger partial charge in [-0.25, -0.2) is 0 Å². The lowest BCUT2D eigenvalue weighted by atomic mass is 10.0. The van der Waals surface area contributed by atoms with Crippen molar-refractivity contribution in [1.82, 2.24) is 4.90 Å². The number of amides is 1. The van der Waals surface area contributed by atoms with Crippen LogP contribution in [0.25, 0.3) is 0 Å². The van der Waals surface area contributed by atoms with E-state index in [0.29, 0.717) is 13.2 Å². The molecule has 70 valence electrons. The minimum absolute atomic E-state index is 0.0743. The van der Waals surface area contributed by atoms with Gasteiger partial charge in [-0.3, -0.25) is 4.79 Å². The van der Waals surface area contributed by atoms with Gasteiger partial charge < -0.3 is 9.64 Å². The minimum atomic E-state index is -0.266. The van der Waals surface area contributed by atoms with E-state index >= 15 is 0 Å². The molecule has 0 aromatic rings. The molecule has 1 rings (SSSR count). The highest BCUT2D eigenvalue weighted by molar-refractivity contribution is 5.81. The number of carbonyl (C=O) groups is 1. The number of rotatable bonds is 0. The van der Waals surface area contributed by atoms with Crippen LogP contribution in [-0.4, -0.2) is 35.6 Å². The molecule has 1 fully saturated rings. The van der Waals surface area contributed by atoms with Crippen LogP contribution >= 0.6 is 0 Å². The molecule has 3 nitrogen and oxygen atoms in total. The number of hydrogen-bond donors (Lipinski definition) is 0. The van der Waals surface area contributed by atoms with E-state index in [0.717, 1.165) is 0 Å². The summed E-state index contributed by atoms with van der Waals surface area (Å²) in [5.41, 5.74) is -0.0743. The Balaban J connectivity index is 2.71. The van der Waals surface area contributed by atoms with Crippen molar-refractivity contribution in [1.29, 1.82) is 0 Å². The lowest BCUT2D eigenvalue weighted by molar-refractivity contribution is -0.157. The second kappa shape index (κ2) is 3.05. The van der Waals surface area contributed by atoms with Gasteiger partial charge in [0.25, 0.3) is 5.91 Å². The number of nitrogens with zero attached hydrogens (tertiary/aromatic N) is 1. The highest BCUT2D eigenvalue weighted by atomic mass is 16.5. The highest BCUT2D eigenvalue weighted by Gasteiger charge is 2.32. The van der Waals surface area contributed by atoms with Crippen molar-refractivity contribution in [3.63, 3.8) is 0 Å². The maximum Gasteiger partial charge on any atom is 0.251 e. The first-order chi connectivity index (χ1) is 5.43. The average Bonchev–Trinajstić information content (AvgIpc) is 1.92. The van der Waals surface area contributed by atoms with Crippen molar-refractivity contribution in [3.8, 4) is 0 Å². The van der Waals surface area contributed by atoms with Crippen LogP contribution in [-0.2, 0) is 9.53 Å². The lowest BCUT2D eigenvalue weighted by Gasteiger charge is -2.40. The smallest absolute Gasteiger partial charge is 0.251 e. The molecule has 0 aromatic heterocycles. The maximum absolute atomic E-state index is 11.6. The lowest BCUT2D eigenvalue weighted by Crippen LogP contribution is -2.54. The van der Waals surface area contributed by atoms with E-state index < -0.39 is 0 Å². The molecular weight excluding hydrogens is 154 g/mol. The first-order valence-corrected chi connectivity index (χ1v) is 4.36. The third kappa shape index (κ3) is 1.78. The number of ether oxygens (including phenoxy) is 1. The van der Waals surface area contributed by atoms with Crippen molar-refractivity contribution in [2.45, 2.75) is 39.3 Å². The van der Waals surface area contributed by atoms with E-state index in [-0.39, 0.29) is 17.6 Å². The molecule has 0 saturated carbocycles. The summed E-state index contributed by atoms with van der Waals surface area (Å²) in [6.07, 6.45) is -0.266. The van der Waals surface area contributed by atoms with E-state index in [1.165, 1.54) is 0 Å². The molecule has 0 bridgehead atoms. The topological polar surface area (TPSA) is 29.5 Å². The van der Waals surface area contributed by atoms with Gasteiger partial charge in [-0.2, -0.15) is 0 Å². The summed E-state index contributed by atoms with van der Waals surface area (Å²) in [5, 5.41) is 0. The monoisotopic (exact) mass is 171 g/mol. The molecule has 12 heavy (non-hydrogen) atoms. The van der Waals surface area contributed by atoms with Crippen LogP contribution in [0.4, 0.5) is 0 Å². The van der Waals surface area contributed by atoms with Gasteiger partial charge in [-0.1, -0.05) is 0 Å². The maximum atomic E-state index is 11.6. The standard InChI is InChI=1S/C9H17NO2/c1-7-8(11)10(5-6-12-7)9(2,3)4/h7H,5-6H2,1-4H3. The first kappa shape index (κ1) is 9.52. The zero-order chi connectivity index (χ0) is 9.35. The molecule has 1 aliphatic rings. The van der Waals surface area contributed by atoms with Gasteiger partial charge >= 0.3 is 0 Å². The Kier molecular flexibility index (Phi) is 2.42. The third-order valence-electron chi connectivity index (χ3n) is 2.11. The predicted molar refractivity (Wildman–Crippen MR) is 46.9 cm³/mol. The van der Waals surface area contributed by atoms with Crippen molar-refractivity contribution < 1.29 is 9.53 Å². The molecule has 1 heterocycles. The highest BCUT2D eigenvalue weighted by Crippen LogP contribution is 2.18. The van der Waals surface area contributed by atoms with E-state index in [1.54, 1.807) is 6.92 Å². The normalized spacial score (nSPS) is 26.2. The molecule has 0 aromatic carbocycles. The second-order valence-electron chi connectivity index (χ2n) is 4.17. The molecule has 1 aliphatic heterocycles. The SMILES string of the molecule is CC1OCCN(C(C)(C)C)C1=O. The van der Waals surface area contributed by atoms with E-state index in [9.17, 15) is 4.79 Å². The van der Waals surface area contributed by atoms with E-state index in [2.05, 4.69) is 0 Å². The molecule has 3 heteroatoms. The summed E-state index contributed by atoms with van der Waals surface area (Å²) >= 11 is 0. The molecule has 0 aliphatic carbocycles.